The maximum Gasteiger partial charge on any atom is 0.165 e. The third-order valence-electron chi connectivity index (χ3n) is 9.42. The zero-order valence-corrected chi connectivity index (χ0v) is 29.4. The van der Waals surface area contributed by atoms with Gasteiger partial charge in [0.2, 0.25) is 0 Å². The fourth-order valence-electron chi connectivity index (χ4n) is 6.87. The third-order valence-corrected chi connectivity index (χ3v) is 11.7. The van der Waals surface area contributed by atoms with Gasteiger partial charge in [0.15, 0.2) is 17.5 Å². The van der Waals surface area contributed by atoms with Crippen LogP contribution in [0.3, 0.4) is 0 Å². The van der Waals surface area contributed by atoms with Crippen molar-refractivity contribution < 1.29 is 0 Å². The van der Waals surface area contributed by atoms with E-state index in [4.69, 9.17) is 19.9 Å². The molecule has 10 rings (SSSR count). The van der Waals surface area contributed by atoms with Gasteiger partial charge in [-0.3, -0.25) is 0 Å². The fourth-order valence-corrected chi connectivity index (χ4v) is 9.33. The van der Waals surface area contributed by atoms with Gasteiger partial charge in [0, 0.05) is 42.4 Å². The molecular weight excluding hydrogens is 673 g/mol. The molecule has 0 unspecified atom stereocenters. The Balaban J connectivity index is 1.19. The molecule has 3 heterocycles. The number of thiazole rings is 1. The number of thiophene rings is 1. The van der Waals surface area contributed by atoms with Crippen LogP contribution in [0.5, 0.6) is 0 Å². The molecule has 0 aliphatic rings. The Morgan fingerprint density at radius 2 is 0.885 bits per heavy atom. The van der Waals surface area contributed by atoms with Gasteiger partial charge in [-0.25, -0.2) is 19.9 Å². The Hall–Kier alpha value is -6.34. The van der Waals surface area contributed by atoms with Crippen LogP contribution in [0, 0.1) is 0 Å². The number of para-hydroxylation sites is 1. The average Bonchev–Trinajstić information content (AvgIpc) is 3.83. The molecule has 7 aromatic carbocycles. The van der Waals surface area contributed by atoms with Gasteiger partial charge < -0.3 is 0 Å². The maximum atomic E-state index is 5.18. The summed E-state index contributed by atoms with van der Waals surface area (Å²) in [6.07, 6.45) is 0. The molecule has 0 bridgehead atoms. The Morgan fingerprint density at radius 1 is 0.327 bits per heavy atom. The maximum absolute atomic E-state index is 5.18. The quantitative estimate of drug-likeness (QED) is 0.173. The van der Waals surface area contributed by atoms with E-state index in [1.54, 1.807) is 22.7 Å². The summed E-state index contributed by atoms with van der Waals surface area (Å²) in [4.78, 5) is 20.5. The molecule has 4 nitrogen and oxygen atoms in total. The zero-order valence-electron chi connectivity index (χ0n) is 27.8. The number of aromatic nitrogens is 4. The van der Waals surface area contributed by atoms with Gasteiger partial charge in [0.05, 0.1) is 10.2 Å². The molecule has 10 aromatic rings. The first kappa shape index (κ1) is 30.5. The van der Waals surface area contributed by atoms with Crippen molar-refractivity contribution in [3.8, 4) is 67.0 Å². The van der Waals surface area contributed by atoms with Crippen LogP contribution in [0.25, 0.3) is 97.4 Å². The standard InChI is InChI=1S/C46H28N4S2/c1-4-13-29(14-5-1)30-23-25-33(26-24-30)44-48-43(32-17-8-3-9-18-32)49-45(50-44)37-20-12-19-35-36-28-27-34(31-15-6-2-7-16-31)40(42(36)52-41(35)37)46-47-38-21-10-11-22-39(38)51-46/h1-28H. The molecule has 244 valence electrons. The first-order valence-electron chi connectivity index (χ1n) is 17.1. The molecule has 3 aromatic heterocycles. The Bertz CT molecular complexity index is 2850. The molecular formula is C46H28N4S2. The Kier molecular flexibility index (Phi) is 7.48. The largest absolute Gasteiger partial charge is 0.236 e. The zero-order chi connectivity index (χ0) is 34.4. The summed E-state index contributed by atoms with van der Waals surface area (Å²) in [6, 6.07) is 59.1. The van der Waals surface area contributed by atoms with Crippen LogP contribution in [-0.2, 0) is 0 Å². The van der Waals surface area contributed by atoms with E-state index >= 15 is 0 Å². The van der Waals surface area contributed by atoms with E-state index in [2.05, 4.69) is 146 Å². The SMILES string of the molecule is c1ccc(-c2ccc(-c3nc(-c4ccccc4)nc(-c4cccc5c4sc4c(-c6nc7ccccc7s6)c(-c6ccccc6)ccc45)n3)cc2)cc1. The van der Waals surface area contributed by atoms with E-state index in [9.17, 15) is 0 Å². The molecule has 0 N–H and O–H groups in total. The van der Waals surface area contributed by atoms with Crippen molar-refractivity contribution in [3.63, 3.8) is 0 Å². The van der Waals surface area contributed by atoms with E-state index in [1.165, 1.54) is 36.9 Å². The summed E-state index contributed by atoms with van der Waals surface area (Å²) in [5.41, 5.74) is 9.72. The predicted octanol–water partition coefficient (Wildman–Crippen LogP) is 12.9. The van der Waals surface area contributed by atoms with Gasteiger partial charge in [-0.1, -0.05) is 152 Å². The molecule has 0 saturated heterocycles. The highest BCUT2D eigenvalue weighted by molar-refractivity contribution is 7.27. The lowest BCUT2D eigenvalue weighted by Gasteiger charge is -2.10. The summed E-state index contributed by atoms with van der Waals surface area (Å²) in [5, 5.41) is 3.39. The van der Waals surface area contributed by atoms with Gasteiger partial charge in [-0.05, 0) is 40.5 Å². The predicted molar refractivity (Wildman–Crippen MR) is 219 cm³/mol. The van der Waals surface area contributed by atoms with Crippen molar-refractivity contribution in [2.75, 3.05) is 0 Å². The number of fused-ring (bicyclic) bond motifs is 4. The van der Waals surface area contributed by atoms with Crippen molar-refractivity contribution in [1.82, 2.24) is 19.9 Å². The summed E-state index contributed by atoms with van der Waals surface area (Å²) < 4.78 is 3.52. The van der Waals surface area contributed by atoms with Crippen LogP contribution in [0.4, 0.5) is 0 Å². The summed E-state index contributed by atoms with van der Waals surface area (Å²) in [5.74, 6) is 1.94. The molecule has 0 atom stereocenters. The van der Waals surface area contributed by atoms with Crippen molar-refractivity contribution >= 4 is 53.1 Å². The highest BCUT2D eigenvalue weighted by atomic mass is 32.1. The van der Waals surface area contributed by atoms with Crippen LogP contribution < -0.4 is 0 Å². The van der Waals surface area contributed by atoms with Crippen molar-refractivity contribution in [2.24, 2.45) is 0 Å². The van der Waals surface area contributed by atoms with E-state index in [1.807, 2.05) is 24.3 Å². The minimum Gasteiger partial charge on any atom is -0.236 e. The molecule has 0 saturated carbocycles. The molecule has 0 amide bonds. The Morgan fingerprint density at radius 3 is 1.60 bits per heavy atom. The smallest absolute Gasteiger partial charge is 0.165 e. The lowest BCUT2D eigenvalue weighted by atomic mass is 9.97. The van der Waals surface area contributed by atoms with Crippen LogP contribution >= 0.6 is 22.7 Å². The van der Waals surface area contributed by atoms with Gasteiger partial charge >= 0.3 is 0 Å². The average molecular weight is 701 g/mol. The number of rotatable bonds is 6. The van der Waals surface area contributed by atoms with E-state index in [0.29, 0.717) is 17.5 Å². The fraction of sp³-hybridized carbons (Fsp3) is 0. The second-order valence-corrected chi connectivity index (χ2v) is 14.7. The molecule has 0 aliphatic carbocycles. The van der Waals surface area contributed by atoms with Crippen molar-refractivity contribution in [1.29, 1.82) is 0 Å². The lowest BCUT2D eigenvalue weighted by molar-refractivity contribution is 1.08. The number of hydrogen-bond acceptors (Lipinski definition) is 6. The van der Waals surface area contributed by atoms with E-state index in [-0.39, 0.29) is 0 Å². The molecule has 0 radical (unpaired) electrons. The van der Waals surface area contributed by atoms with Gasteiger partial charge in [0.1, 0.15) is 5.01 Å². The highest BCUT2D eigenvalue weighted by Crippen LogP contribution is 2.48. The van der Waals surface area contributed by atoms with Gasteiger partial charge in [0.25, 0.3) is 0 Å². The van der Waals surface area contributed by atoms with Crippen molar-refractivity contribution in [2.45, 2.75) is 0 Å². The van der Waals surface area contributed by atoms with E-state index < -0.39 is 0 Å². The number of nitrogens with zero attached hydrogens (tertiary/aromatic N) is 4. The molecule has 6 heteroatoms. The van der Waals surface area contributed by atoms with Gasteiger partial charge in [-0.15, -0.1) is 22.7 Å². The normalized spacial score (nSPS) is 11.5. The first-order valence-corrected chi connectivity index (χ1v) is 18.8. The lowest BCUT2D eigenvalue weighted by Crippen LogP contribution is -2.00. The van der Waals surface area contributed by atoms with Gasteiger partial charge in [-0.2, -0.15) is 0 Å². The van der Waals surface area contributed by atoms with Crippen LogP contribution in [0.15, 0.2) is 170 Å². The molecule has 52 heavy (non-hydrogen) atoms. The minimum atomic E-state index is 0.642. The van der Waals surface area contributed by atoms with Crippen LogP contribution in [0.1, 0.15) is 0 Å². The second kappa shape index (κ2) is 12.8. The number of benzene rings is 7. The Labute approximate surface area is 308 Å². The second-order valence-electron chi connectivity index (χ2n) is 12.6. The topological polar surface area (TPSA) is 51.6 Å². The molecule has 0 spiro atoms. The van der Waals surface area contributed by atoms with Crippen molar-refractivity contribution in [3.05, 3.63) is 170 Å². The summed E-state index contributed by atoms with van der Waals surface area (Å²) in [7, 11) is 0. The third kappa shape index (κ3) is 5.37. The number of hydrogen-bond donors (Lipinski definition) is 0. The first-order chi connectivity index (χ1) is 25.8. The highest BCUT2D eigenvalue weighted by Gasteiger charge is 2.22. The van der Waals surface area contributed by atoms with Crippen LogP contribution in [0.2, 0.25) is 0 Å². The van der Waals surface area contributed by atoms with E-state index in [0.717, 1.165) is 43.0 Å². The minimum absolute atomic E-state index is 0.642. The van der Waals surface area contributed by atoms with Crippen LogP contribution in [-0.4, -0.2) is 19.9 Å². The summed E-state index contributed by atoms with van der Waals surface area (Å²) in [6.45, 7) is 0. The molecule has 0 fully saturated rings. The molecule has 0 aliphatic heterocycles. The summed E-state index contributed by atoms with van der Waals surface area (Å²) >= 11 is 3.54. The monoisotopic (exact) mass is 700 g/mol.